The molecule has 0 saturated carbocycles. The fourth-order valence-electron chi connectivity index (χ4n) is 2.22. The van der Waals surface area contributed by atoms with Gasteiger partial charge in [0, 0.05) is 12.6 Å². The predicted octanol–water partition coefficient (Wildman–Crippen LogP) is 3.12. The number of hydrogen-bond acceptors (Lipinski definition) is 6. The highest BCUT2D eigenvalue weighted by molar-refractivity contribution is 7.99. The molecule has 0 aliphatic rings. The van der Waals surface area contributed by atoms with Crippen molar-refractivity contribution in [2.45, 2.75) is 30.9 Å². The van der Waals surface area contributed by atoms with E-state index in [0.717, 1.165) is 22.0 Å². The fraction of sp³-hybridized carbons (Fsp3) is 0.312. The van der Waals surface area contributed by atoms with Crippen molar-refractivity contribution >= 4 is 11.8 Å². The summed E-state index contributed by atoms with van der Waals surface area (Å²) >= 11 is 1.52. The third kappa shape index (κ3) is 3.16. The lowest BCUT2D eigenvalue weighted by Crippen LogP contribution is -1.99. The van der Waals surface area contributed by atoms with Crippen molar-refractivity contribution < 1.29 is 9.63 Å². The van der Waals surface area contributed by atoms with Crippen molar-refractivity contribution in [3.8, 4) is 11.4 Å². The Labute approximate surface area is 138 Å². The zero-order valence-corrected chi connectivity index (χ0v) is 14.0. The van der Waals surface area contributed by atoms with Gasteiger partial charge in [-0.3, -0.25) is 0 Å². The highest BCUT2D eigenvalue weighted by Crippen LogP contribution is 2.34. The van der Waals surface area contributed by atoms with Gasteiger partial charge in [-0.2, -0.15) is 4.98 Å². The Balaban J connectivity index is 1.80. The van der Waals surface area contributed by atoms with E-state index in [1.165, 1.54) is 11.8 Å². The lowest BCUT2D eigenvalue weighted by atomic mass is 10.1. The summed E-state index contributed by atoms with van der Waals surface area (Å²) in [5, 5.41) is 14.1. The lowest BCUT2D eigenvalue weighted by Gasteiger charge is -2.07. The first-order valence-corrected chi connectivity index (χ1v) is 8.16. The van der Waals surface area contributed by atoms with Gasteiger partial charge < -0.3 is 14.2 Å². The molecule has 6 nitrogen and oxygen atoms in total. The van der Waals surface area contributed by atoms with Crippen molar-refractivity contribution in [1.29, 1.82) is 0 Å². The van der Waals surface area contributed by atoms with Crippen LogP contribution in [0, 0.1) is 6.92 Å². The van der Waals surface area contributed by atoms with Gasteiger partial charge in [-0.15, -0.1) is 0 Å². The van der Waals surface area contributed by atoms with Crippen LogP contribution in [0.25, 0.3) is 11.4 Å². The van der Waals surface area contributed by atoms with Gasteiger partial charge in [-0.1, -0.05) is 41.2 Å². The standard InChI is InChI=1S/C16H18N4O2S/c1-10-6-4-5-7-13(10)14-18-15(22-19-14)11(2)23-16-17-8-12(9-21)20(16)3/h4-8,11,21H,9H2,1-3H3. The first-order chi connectivity index (χ1) is 11.1. The molecular weight excluding hydrogens is 312 g/mol. The molecule has 3 rings (SSSR count). The van der Waals surface area contributed by atoms with Crippen LogP contribution in [0.4, 0.5) is 0 Å². The minimum Gasteiger partial charge on any atom is -0.390 e. The number of imidazole rings is 1. The maximum atomic E-state index is 9.23. The molecule has 0 aliphatic carbocycles. The van der Waals surface area contributed by atoms with E-state index < -0.39 is 0 Å². The smallest absolute Gasteiger partial charge is 0.240 e. The molecule has 3 aromatic rings. The van der Waals surface area contributed by atoms with Crippen molar-refractivity contribution in [1.82, 2.24) is 19.7 Å². The van der Waals surface area contributed by atoms with Gasteiger partial charge in [0.2, 0.25) is 11.7 Å². The zero-order valence-electron chi connectivity index (χ0n) is 13.2. The highest BCUT2D eigenvalue weighted by Gasteiger charge is 2.19. The van der Waals surface area contributed by atoms with E-state index in [1.807, 2.05) is 49.7 Å². The summed E-state index contributed by atoms with van der Waals surface area (Å²) in [7, 11) is 1.88. The second kappa shape index (κ2) is 6.55. The number of rotatable bonds is 5. The summed E-state index contributed by atoms with van der Waals surface area (Å²) < 4.78 is 7.27. The molecule has 7 heteroatoms. The van der Waals surface area contributed by atoms with E-state index in [4.69, 9.17) is 4.52 Å². The summed E-state index contributed by atoms with van der Waals surface area (Å²) in [6, 6.07) is 7.95. The maximum absolute atomic E-state index is 9.23. The molecule has 1 unspecified atom stereocenters. The molecule has 120 valence electrons. The second-order valence-electron chi connectivity index (χ2n) is 5.28. The van der Waals surface area contributed by atoms with Gasteiger partial charge in [-0.05, 0) is 19.4 Å². The monoisotopic (exact) mass is 330 g/mol. The Kier molecular flexibility index (Phi) is 4.49. The molecular formula is C16H18N4O2S. The number of thioether (sulfide) groups is 1. The summed E-state index contributed by atoms with van der Waals surface area (Å²) in [6.07, 6.45) is 1.67. The fourth-order valence-corrected chi connectivity index (χ4v) is 3.13. The van der Waals surface area contributed by atoms with E-state index in [-0.39, 0.29) is 11.9 Å². The Morgan fingerprint density at radius 2 is 2.13 bits per heavy atom. The summed E-state index contributed by atoms with van der Waals surface area (Å²) in [4.78, 5) is 8.82. The van der Waals surface area contributed by atoms with Crippen LogP contribution in [0.5, 0.6) is 0 Å². The third-order valence-corrected chi connectivity index (χ3v) is 4.81. The largest absolute Gasteiger partial charge is 0.390 e. The van der Waals surface area contributed by atoms with Crippen LogP contribution in [0.1, 0.15) is 29.3 Å². The van der Waals surface area contributed by atoms with Gasteiger partial charge in [0.05, 0.1) is 23.7 Å². The minimum atomic E-state index is -0.0343. The molecule has 0 radical (unpaired) electrons. The Bertz CT molecular complexity index is 812. The molecule has 0 spiro atoms. The molecule has 1 atom stereocenters. The first kappa shape index (κ1) is 15.8. The van der Waals surface area contributed by atoms with Crippen molar-refractivity contribution in [3.05, 3.63) is 47.6 Å². The Morgan fingerprint density at radius 1 is 1.35 bits per heavy atom. The normalized spacial score (nSPS) is 12.5. The van der Waals surface area contributed by atoms with Crippen LogP contribution in [0.15, 0.2) is 40.1 Å². The average Bonchev–Trinajstić information content (AvgIpc) is 3.16. The number of aryl methyl sites for hydroxylation is 1. The molecule has 0 amide bonds. The van der Waals surface area contributed by atoms with Crippen molar-refractivity contribution in [2.24, 2.45) is 7.05 Å². The van der Waals surface area contributed by atoms with E-state index in [0.29, 0.717) is 11.7 Å². The van der Waals surface area contributed by atoms with Gasteiger partial charge in [-0.25, -0.2) is 4.98 Å². The summed E-state index contributed by atoms with van der Waals surface area (Å²) in [5.74, 6) is 1.16. The third-order valence-electron chi connectivity index (χ3n) is 3.66. The van der Waals surface area contributed by atoms with Crippen LogP contribution in [0.2, 0.25) is 0 Å². The highest BCUT2D eigenvalue weighted by atomic mass is 32.2. The summed E-state index contributed by atoms with van der Waals surface area (Å²) in [6.45, 7) is 3.98. The summed E-state index contributed by atoms with van der Waals surface area (Å²) in [5.41, 5.74) is 2.85. The average molecular weight is 330 g/mol. The predicted molar refractivity (Wildman–Crippen MR) is 87.9 cm³/mol. The minimum absolute atomic E-state index is 0.0313. The van der Waals surface area contributed by atoms with Crippen molar-refractivity contribution in [2.75, 3.05) is 0 Å². The number of aliphatic hydroxyl groups excluding tert-OH is 1. The Morgan fingerprint density at radius 3 is 2.83 bits per heavy atom. The van der Waals surface area contributed by atoms with Gasteiger partial charge in [0.1, 0.15) is 0 Å². The number of benzene rings is 1. The molecule has 1 N–H and O–H groups in total. The van der Waals surface area contributed by atoms with E-state index in [1.54, 1.807) is 6.20 Å². The Hall–Kier alpha value is -2.12. The van der Waals surface area contributed by atoms with Crippen LogP contribution in [0.3, 0.4) is 0 Å². The SMILES string of the molecule is Cc1ccccc1-c1noc(C(C)Sc2ncc(CO)n2C)n1. The molecule has 2 aromatic heterocycles. The van der Waals surface area contributed by atoms with E-state index in [2.05, 4.69) is 15.1 Å². The van der Waals surface area contributed by atoms with Crippen LogP contribution in [-0.4, -0.2) is 24.8 Å². The molecule has 1 aromatic carbocycles. The molecule has 0 aliphatic heterocycles. The molecule has 2 heterocycles. The van der Waals surface area contributed by atoms with E-state index in [9.17, 15) is 5.11 Å². The van der Waals surface area contributed by atoms with Gasteiger partial charge >= 0.3 is 0 Å². The molecule has 0 saturated heterocycles. The molecule has 0 bridgehead atoms. The van der Waals surface area contributed by atoms with E-state index >= 15 is 0 Å². The van der Waals surface area contributed by atoms with Gasteiger partial charge in [0.25, 0.3) is 0 Å². The maximum Gasteiger partial charge on any atom is 0.240 e. The van der Waals surface area contributed by atoms with Gasteiger partial charge in [0.15, 0.2) is 5.16 Å². The lowest BCUT2D eigenvalue weighted by molar-refractivity contribution is 0.271. The number of aliphatic hydroxyl groups is 1. The zero-order chi connectivity index (χ0) is 16.4. The van der Waals surface area contributed by atoms with Crippen LogP contribution in [-0.2, 0) is 13.7 Å². The van der Waals surface area contributed by atoms with Crippen LogP contribution >= 0.6 is 11.8 Å². The van der Waals surface area contributed by atoms with Crippen LogP contribution < -0.4 is 0 Å². The second-order valence-corrected chi connectivity index (χ2v) is 6.59. The number of nitrogens with zero attached hydrogens (tertiary/aromatic N) is 4. The topological polar surface area (TPSA) is 77.0 Å². The first-order valence-electron chi connectivity index (χ1n) is 7.28. The molecule has 23 heavy (non-hydrogen) atoms. The number of aromatic nitrogens is 4. The van der Waals surface area contributed by atoms with Crippen molar-refractivity contribution in [3.63, 3.8) is 0 Å². The number of hydrogen-bond donors (Lipinski definition) is 1. The quantitative estimate of drug-likeness (QED) is 0.724. The molecule has 0 fully saturated rings.